The molecule has 2 aromatic carbocycles. The highest BCUT2D eigenvalue weighted by atomic mass is 16.2. The first-order valence-electron chi connectivity index (χ1n) is 6.60. The Balaban J connectivity index is 2.21. The van der Waals surface area contributed by atoms with Crippen molar-refractivity contribution >= 4 is 23.3 Å². The van der Waals surface area contributed by atoms with Gasteiger partial charge in [-0.25, -0.2) is 4.90 Å². The fourth-order valence-corrected chi connectivity index (χ4v) is 2.49. The summed E-state index contributed by atoms with van der Waals surface area (Å²) in [7, 11) is 0. The molecule has 0 atom stereocenters. The van der Waals surface area contributed by atoms with Gasteiger partial charge < -0.3 is 0 Å². The summed E-state index contributed by atoms with van der Waals surface area (Å²) in [5, 5.41) is 0. The maximum atomic E-state index is 12.6. The molecule has 0 unspecified atom stereocenters. The van der Waals surface area contributed by atoms with Gasteiger partial charge in [0.15, 0.2) is 0 Å². The van der Waals surface area contributed by atoms with Gasteiger partial charge in [-0.3, -0.25) is 14.4 Å². The first kappa shape index (κ1) is 13.2. The van der Waals surface area contributed by atoms with Gasteiger partial charge in [-0.15, -0.1) is 0 Å². The van der Waals surface area contributed by atoms with Crippen LogP contribution in [0.15, 0.2) is 42.5 Å². The number of ketones is 1. The zero-order valence-corrected chi connectivity index (χ0v) is 11.7. The fraction of sp³-hybridized carbons (Fsp3) is 0.118. The quantitative estimate of drug-likeness (QED) is 0.595. The van der Waals surface area contributed by atoms with Crippen LogP contribution in [0.5, 0.6) is 0 Å². The van der Waals surface area contributed by atoms with E-state index in [-0.39, 0.29) is 11.1 Å². The summed E-state index contributed by atoms with van der Waals surface area (Å²) < 4.78 is 0. The van der Waals surface area contributed by atoms with Crippen molar-refractivity contribution in [2.75, 3.05) is 4.90 Å². The summed E-state index contributed by atoms with van der Waals surface area (Å²) in [6.45, 7) is 3.73. The minimum Gasteiger partial charge on any atom is -0.283 e. The number of amides is 2. The standard InChI is InChI=1S/C17H13NO3/c1-10-6-5-9-14(11(10)2)18-16(20)13-8-4-3-7-12(13)15(19)17(18)21/h3-9H,1-2H3. The highest BCUT2D eigenvalue weighted by molar-refractivity contribution is 6.56. The molecule has 0 saturated carbocycles. The van der Waals surface area contributed by atoms with Crippen LogP contribution in [0, 0.1) is 13.8 Å². The zero-order chi connectivity index (χ0) is 15.1. The minimum absolute atomic E-state index is 0.175. The van der Waals surface area contributed by atoms with Gasteiger partial charge in [0, 0.05) is 5.56 Å². The molecular weight excluding hydrogens is 266 g/mol. The van der Waals surface area contributed by atoms with E-state index < -0.39 is 17.6 Å². The van der Waals surface area contributed by atoms with Crippen LogP contribution in [0.2, 0.25) is 0 Å². The Hall–Kier alpha value is -2.75. The van der Waals surface area contributed by atoms with E-state index in [1.54, 1.807) is 30.3 Å². The van der Waals surface area contributed by atoms with Gasteiger partial charge in [0.1, 0.15) is 0 Å². The van der Waals surface area contributed by atoms with Crippen molar-refractivity contribution in [1.82, 2.24) is 0 Å². The Morgan fingerprint density at radius 3 is 2.14 bits per heavy atom. The van der Waals surface area contributed by atoms with E-state index in [1.807, 2.05) is 19.9 Å². The largest absolute Gasteiger partial charge is 0.306 e. The van der Waals surface area contributed by atoms with Crippen LogP contribution in [0.4, 0.5) is 5.69 Å². The second-order valence-electron chi connectivity index (χ2n) is 5.04. The molecule has 104 valence electrons. The van der Waals surface area contributed by atoms with E-state index in [2.05, 4.69) is 0 Å². The van der Waals surface area contributed by atoms with Crippen LogP contribution in [0.3, 0.4) is 0 Å². The number of hydrogen-bond acceptors (Lipinski definition) is 3. The molecule has 0 saturated heterocycles. The number of benzene rings is 2. The number of hydrogen-bond donors (Lipinski definition) is 0. The molecule has 0 N–H and O–H groups in total. The van der Waals surface area contributed by atoms with Crippen LogP contribution in [-0.2, 0) is 4.79 Å². The van der Waals surface area contributed by atoms with E-state index in [1.165, 1.54) is 6.07 Å². The monoisotopic (exact) mass is 279 g/mol. The lowest BCUT2D eigenvalue weighted by Gasteiger charge is -2.27. The minimum atomic E-state index is -0.799. The number of carbonyl (C=O) groups is 3. The Morgan fingerprint density at radius 2 is 1.43 bits per heavy atom. The Morgan fingerprint density at radius 1 is 0.762 bits per heavy atom. The molecule has 3 rings (SSSR count). The molecular formula is C17H13NO3. The summed E-state index contributed by atoms with van der Waals surface area (Å²) in [5.41, 5.74) is 2.68. The summed E-state index contributed by atoms with van der Waals surface area (Å²) in [6, 6.07) is 11.7. The van der Waals surface area contributed by atoms with Crippen LogP contribution < -0.4 is 4.90 Å². The molecule has 0 aromatic heterocycles. The van der Waals surface area contributed by atoms with E-state index in [0.29, 0.717) is 5.69 Å². The van der Waals surface area contributed by atoms with Crippen molar-refractivity contribution in [3.05, 3.63) is 64.7 Å². The molecule has 21 heavy (non-hydrogen) atoms. The number of Topliss-reactive ketones (excluding diaryl/α,β-unsaturated/α-hetero) is 1. The third-order valence-electron chi connectivity index (χ3n) is 3.82. The SMILES string of the molecule is Cc1cccc(N2C(=O)C(=O)c3ccccc3C2=O)c1C. The number of carbonyl (C=O) groups excluding carboxylic acids is 3. The Kier molecular flexibility index (Phi) is 2.94. The van der Waals surface area contributed by atoms with E-state index >= 15 is 0 Å². The van der Waals surface area contributed by atoms with Crippen molar-refractivity contribution in [3.8, 4) is 0 Å². The lowest BCUT2D eigenvalue weighted by molar-refractivity contribution is -0.114. The summed E-state index contributed by atoms with van der Waals surface area (Å²) in [4.78, 5) is 38.1. The maximum Gasteiger partial charge on any atom is 0.306 e. The van der Waals surface area contributed by atoms with Crippen LogP contribution in [0.1, 0.15) is 31.8 Å². The highest BCUT2D eigenvalue weighted by Gasteiger charge is 2.38. The van der Waals surface area contributed by atoms with Crippen LogP contribution in [-0.4, -0.2) is 17.6 Å². The second kappa shape index (κ2) is 4.66. The van der Waals surface area contributed by atoms with E-state index in [4.69, 9.17) is 0 Å². The summed E-state index contributed by atoms with van der Waals surface area (Å²) in [5.74, 6) is -1.90. The lowest BCUT2D eigenvalue weighted by atomic mass is 9.96. The first-order chi connectivity index (χ1) is 10.0. The third kappa shape index (κ3) is 1.88. The average Bonchev–Trinajstić information content (AvgIpc) is 2.49. The average molecular weight is 279 g/mol. The van der Waals surface area contributed by atoms with Gasteiger partial charge in [-0.2, -0.15) is 0 Å². The van der Waals surface area contributed by atoms with Gasteiger partial charge >= 0.3 is 5.91 Å². The topological polar surface area (TPSA) is 54.5 Å². The van der Waals surface area contributed by atoms with Crippen molar-refractivity contribution < 1.29 is 14.4 Å². The lowest BCUT2D eigenvalue weighted by Crippen LogP contribution is -2.46. The molecule has 4 nitrogen and oxygen atoms in total. The number of anilines is 1. The fourth-order valence-electron chi connectivity index (χ4n) is 2.49. The molecule has 0 spiro atoms. The smallest absolute Gasteiger partial charge is 0.283 e. The molecule has 2 amide bonds. The molecule has 0 aliphatic carbocycles. The molecule has 0 radical (unpaired) electrons. The predicted octanol–water partition coefficient (Wildman–Crippen LogP) is 2.67. The Bertz CT molecular complexity index is 792. The number of aryl methyl sites for hydroxylation is 1. The van der Waals surface area contributed by atoms with E-state index in [9.17, 15) is 14.4 Å². The number of fused-ring (bicyclic) bond motifs is 1. The Labute approximate surface area is 122 Å². The molecule has 0 fully saturated rings. The van der Waals surface area contributed by atoms with Gasteiger partial charge in [-0.05, 0) is 37.1 Å². The summed E-state index contributed by atoms with van der Waals surface area (Å²) >= 11 is 0. The van der Waals surface area contributed by atoms with Crippen LogP contribution >= 0.6 is 0 Å². The normalized spacial score (nSPS) is 14.4. The first-order valence-corrected chi connectivity index (χ1v) is 6.60. The second-order valence-corrected chi connectivity index (χ2v) is 5.04. The van der Waals surface area contributed by atoms with Crippen molar-refractivity contribution in [1.29, 1.82) is 0 Å². The molecule has 1 aliphatic heterocycles. The van der Waals surface area contributed by atoms with Gasteiger partial charge in [-0.1, -0.05) is 30.3 Å². The van der Waals surface area contributed by atoms with Gasteiger partial charge in [0.25, 0.3) is 11.7 Å². The molecule has 0 bridgehead atoms. The zero-order valence-electron chi connectivity index (χ0n) is 11.7. The number of nitrogens with zero attached hydrogens (tertiary/aromatic N) is 1. The third-order valence-corrected chi connectivity index (χ3v) is 3.82. The molecule has 2 aromatic rings. The number of rotatable bonds is 1. The predicted molar refractivity (Wildman–Crippen MR) is 78.5 cm³/mol. The molecule has 1 heterocycles. The van der Waals surface area contributed by atoms with Crippen molar-refractivity contribution in [2.45, 2.75) is 13.8 Å². The van der Waals surface area contributed by atoms with Crippen LogP contribution in [0.25, 0.3) is 0 Å². The molecule has 4 heteroatoms. The van der Waals surface area contributed by atoms with Crippen molar-refractivity contribution in [3.63, 3.8) is 0 Å². The maximum absolute atomic E-state index is 12.6. The summed E-state index contributed by atoms with van der Waals surface area (Å²) in [6.07, 6.45) is 0. The molecule has 1 aliphatic rings. The van der Waals surface area contributed by atoms with Crippen molar-refractivity contribution in [2.24, 2.45) is 0 Å². The number of imide groups is 1. The highest BCUT2D eigenvalue weighted by Crippen LogP contribution is 2.29. The van der Waals surface area contributed by atoms with E-state index in [0.717, 1.165) is 16.0 Å². The van der Waals surface area contributed by atoms with Gasteiger partial charge in [0.2, 0.25) is 0 Å². The van der Waals surface area contributed by atoms with Gasteiger partial charge in [0.05, 0.1) is 11.3 Å².